The molecule has 0 spiro atoms. The maximum Gasteiger partial charge on any atom is 0.0664 e. The third kappa shape index (κ3) is 5.49. The Kier molecular flexibility index (Phi) is 6.20. The van der Waals surface area contributed by atoms with E-state index in [1.165, 1.54) is 9.13 Å². The number of halogens is 1. The van der Waals surface area contributed by atoms with Gasteiger partial charge in [0.1, 0.15) is 0 Å². The molecule has 2 N–H and O–H groups in total. The Bertz CT molecular complexity index is 273. The average Bonchev–Trinajstić information content (AvgIpc) is 2.21. The lowest BCUT2D eigenvalue weighted by Crippen LogP contribution is -2.26. The van der Waals surface area contributed by atoms with E-state index in [2.05, 4.69) is 59.1 Å². The predicted molar refractivity (Wildman–Crippen MR) is 71.8 cm³/mol. The highest BCUT2D eigenvalue weighted by Gasteiger charge is 2.01. The molecular weight excluding hydrogens is 301 g/mol. The van der Waals surface area contributed by atoms with Crippen molar-refractivity contribution < 1.29 is 5.11 Å². The number of hydrogen-bond acceptors (Lipinski definition) is 2. The number of benzene rings is 1. The SMILES string of the molecule is CCCC(O)CNCc1ccc(I)cc1. The Morgan fingerprint density at radius 2 is 2.00 bits per heavy atom. The van der Waals surface area contributed by atoms with Gasteiger partial charge in [-0.2, -0.15) is 0 Å². The van der Waals surface area contributed by atoms with Crippen molar-refractivity contribution in [3.05, 3.63) is 33.4 Å². The van der Waals surface area contributed by atoms with Crippen LogP contribution in [0.4, 0.5) is 0 Å². The summed E-state index contributed by atoms with van der Waals surface area (Å²) in [6.45, 7) is 3.60. The van der Waals surface area contributed by atoms with Gasteiger partial charge in [-0.1, -0.05) is 25.5 Å². The smallest absolute Gasteiger partial charge is 0.0664 e. The molecule has 0 amide bonds. The van der Waals surface area contributed by atoms with E-state index in [0.717, 1.165) is 19.4 Å². The van der Waals surface area contributed by atoms with Crippen LogP contribution >= 0.6 is 22.6 Å². The minimum Gasteiger partial charge on any atom is -0.392 e. The first-order chi connectivity index (χ1) is 7.22. The lowest BCUT2D eigenvalue weighted by molar-refractivity contribution is 0.160. The van der Waals surface area contributed by atoms with E-state index in [0.29, 0.717) is 6.54 Å². The molecule has 0 aliphatic heterocycles. The van der Waals surface area contributed by atoms with Crippen molar-refractivity contribution in [2.24, 2.45) is 0 Å². The Labute approximate surface area is 105 Å². The molecule has 1 aromatic rings. The highest BCUT2D eigenvalue weighted by molar-refractivity contribution is 14.1. The molecule has 15 heavy (non-hydrogen) atoms. The summed E-state index contributed by atoms with van der Waals surface area (Å²) in [7, 11) is 0. The van der Waals surface area contributed by atoms with Gasteiger partial charge in [0.2, 0.25) is 0 Å². The molecule has 0 aliphatic carbocycles. The lowest BCUT2D eigenvalue weighted by Gasteiger charge is -2.10. The maximum absolute atomic E-state index is 9.51. The quantitative estimate of drug-likeness (QED) is 0.790. The fraction of sp³-hybridized carbons (Fsp3) is 0.500. The molecule has 3 heteroatoms. The standard InChI is InChI=1S/C12H18INO/c1-2-3-12(15)9-14-8-10-4-6-11(13)7-5-10/h4-7,12,14-15H,2-3,8-9H2,1H3. The number of aliphatic hydroxyl groups excluding tert-OH is 1. The Balaban J connectivity index is 2.22. The van der Waals surface area contributed by atoms with E-state index in [9.17, 15) is 5.11 Å². The van der Waals surface area contributed by atoms with Gasteiger partial charge in [-0.15, -0.1) is 0 Å². The molecule has 1 unspecified atom stereocenters. The van der Waals surface area contributed by atoms with Crippen molar-refractivity contribution in [3.63, 3.8) is 0 Å². The van der Waals surface area contributed by atoms with Crippen LogP contribution in [0.25, 0.3) is 0 Å². The van der Waals surface area contributed by atoms with Crippen molar-refractivity contribution in [1.29, 1.82) is 0 Å². The Morgan fingerprint density at radius 3 is 2.60 bits per heavy atom. The zero-order valence-corrected chi connectivity index (χ0v) is 11.2. The van der Waals surface area contributed by atoms with Crippen molar-refractivity contribution in [3.8, 4) is 0 Å². The molecule has 0 saturated heterocycles. The van der Waals surface area contributed by atoms with Crippen LogP contribution in [-0.2, 0) is 6.54 Å². The van der Waals surface area contributed by atoms with Crippen molar-refractivity contribution >= 4 is 22.6 Å². The first kappa shape index (κ1) is 12.9. The van der Waals surface area contributed by atoms with Crippen LogP contribution in [0, 0.1) is 3.57 Å². The molecule has 0 aromatic heterocycles. The van der Waals surface area contributed by atoms with Gasteiger partial charge >= 0.3 is 0 Å². The van der Waals surface area contributed by atoms with E-state index in [4.69, 9.17) is 0 Å². The minimum absolute atomic E-state index is 0.209. The summed E-state index contributed by atoms with van der Waals surface area (Å²) in [5, 5.41) is 12.8. The van der Waals surface area contributed by atoms with Crippen LogP contribution in [0.3, 0.4) is 0 Å². The number of aliphatic hydroxyl groups is 1. The van der Waals surface area contributed by atoms with Crippen molar-refractivity contribution in [2.45, 2.75) is 32.4 Å². The van der Waals surface area contributed by atoms with Crippen LogP contribution in [0.15, 0.2) is 24.3 Å². The third-order valence-corrected chi connectivity index (χ3v) is 2.96. The second-order valence-corrected chi connectivity index (χ2v) is 4.95. The molecule has 0 saturated carbocycles. The topological polar surface area (TPSA) is 32.3 Å². The molecule has 2 nitrogen and oxygen atoms in total. The third-order valence-electron chi connectivity index (χ3n) is 2.24. The molecule has 0 aliphatic rings. The van der Waals surface area contributed by atoms with Crippen LogP contribution in [0.2, 0.25) is 0 Å². The first-order valence-corrected chi connectivity index (χ1v) is 6.43. The molecule has 0 bridgehead atoms. The van der Waals surface area contributed by atoms with Crippen LogP contribution < -0.4 is 5.32 Å². The molecule has 84 valence electrons. The van der Waals surface area contributed by atoms with Gasteiger partial charge in [0.25, 0.3) is 0 Å². The van der Waals surface area contributed by atoms with E-state index >= 15 is 0 Å². The summed E-state index contributed by atoms with van der Waals surface area (Å²) in [5.41, 5.74) is 1.26. The van der Waals surface area contributed by atoms with Gasteiger partial charge in [0.05, 0.1) is 6.10 Å². The van der Waals surface area contributed by atoms with E-state index in [1.54, 1.807) is 0 Å². The summed E-state index contributed by atoms with van der Waals surface area (Å²) >= 11 is 2.30. The largest absolute Gasteiger partial charge is 0.392 e. The van der Waals surface area contributed by atoms with Gasteiger partial charge < -0.3 is 10.4 Å². The summed E-state index contributed by atoms with van der Waals surface area (Å²) in [5.74, 6) is 0. The second-order valence-electron chi connectivity index (χ2n) is 3.70. The number of nitrogens with one attached hydrogen (secondary N) is 1. The summed E-state index contributed by atoms with van der Waals surface area (Å²) in [4.78, 5) is 0. The molecule has 1 atom stereocenters. The molecule has 0 fully saturated rings. The number of rotatable bonds is 6. The normalized spacial score (nSPS) is 12.7. The van der Waals surface area contributed by atoms with Crippen molar-refractivity contribution in [1.82, 2.24) is 5.32 Å². The first-order valence-electron chi connectivity index (χ1n) is 5.35. The molecule has 1 aromatic carbocycles. The Morgan fingerprint density at radius 1 is 1.33 bits per heavy atom. The summed E-state index contributed by atoms with van der Waals surface area (Å²) < 4.78 is 1.25. The van der Waals surface area contributed by atoms with E-state index in [1.807, 2.05) is 0 Å². The average molecular weight is 319 g/mol. The molecule has 0 radical (unpaired) electrons. The summed E-state index contributed by atoms with van der Waals surface area (Å²) in [6, 6.07) is 8.42. The monoisotopic (exact) mass is 319 g/mol. The molecule has 0 heterocycles. The van der Waals surface area contributed by atoms with Gasteiger partial charge in [-0.05, 0) is 46.7 Å². The van der Waals surface area contributed by atoms with Crippen LogP contribution in [0.1, 0.15) is 25.3 Å². The maximum atomic E-state index is 9.51. The minimum atomic E-state index is -0.209. The van der Waals surface area contributed by atoms with Gasteiger partial charge in [0, 0.05) is 16.7 Å². The highest BCUT2D eigenvalue weighted by Crippen LogP contribution is 2.06. The van der Waals surface area contributed by atoms with Crippen LogP contribution in [-0.4, -0.2) is 17.8 Å². The second kappa shape index (κ2) is 7.19. The van der Waals surface area contributed by atoms with Gasteiger partial charge in [-0.25, -0.2) is 0 Å². The summed E-state index contributed by atoms with van der Waals surface area (Å²) in [6.07, 6.45) is 1.70. The zero-order chi connectivity index (χ0) is 11.1. The number of hydrogen-bond donors (Lipinski definition) is 2. The zero-order valence-electron chi connectivity index (χ0n) is 9.04. The highest BCUT2D eigenvalue weighted by atomic mass is 127. The fourth-order valence-corrected chi connectivity index (χ4v) is 1.78. The predicted octanol–water partition coefficient (Wildman–Crippen LogP) is 2.54. The Hall–Kier alpha value is -0.130. The van der Waals surface area contributed by atoms with E-state index in [-0.39, 0.29) is 6.10 Å². The fourth-order valence-electron chi connectivity index (χ4n) is 1.42. The van der Waals surface area contributed by atoms with Crippen molar-refractivity contribution in [2.75, 3.05) is 6.54 Å². The molecule has 1 rings (SSSR count). The lowest BCUT2D eigenvalue weighted by atomic mass is 10.2. The van der Waals surface area contributed by atoms with Gasteiger partial charge in [0.15, 0.2) is 0 Å². The van der Waals surface area contributed by atoms with Gasteiger partial charge in [-0.3, -0.25) is 0 Å². The molecular formula is C12H18INO. The van der Waals surface area contributed by atoms with Crippen LogP contribution in [0.5, 0.6) is 0 Å². The van der Waals surface area contributed by atoms with E-state index < -0.39 is 0 Å².